The first-order valence-corrected chi connectivity index (χ1v) is 13.2. The van der Waals surface area contributed by atoms with Gasteiger partial charge in [-0.15, -0.1) is 0 Å². The maximum absolute atomic E-state index is 13.3. The van der Waals surface area contributed by atoms with E-state index in [9.17, 15) is 13.2 Å². The van der Waals surface area contributed by atoms with E-state index in [1.807, 2.05) is 18.7 Å². The van der Waals surface area contributed by atoms with Crippen LogP contribution in [0.5, 0.6) is 5.75 Å². The molecule has 1 aliphatic rings. The van der Waals surface area contributed by atoms with E-state index in [-0.39, 0.29) is 35.4 Å². The molecule has 1 aliphatic carbocycles. The average Bonchev–Trinajstić information content (AvgIpc) is 3.54. The standard InChI is InChI=1S/C25H28ClN3O4S/c1-17(2)29-22(14-27-25(29)34(31,32)16-18-5-4-6-20(26)13-18)15-28(21-9-10-21)24(30)19-7-11-23(33-3)12-8-19/h4-8,11-14,17,21H,9-10,15-16H2,1-3H3. The molecule has 180 valence electrons. The van der Waals surface area contributed by atoms with Gasteiger partial charge in [-0.2, -0.15) is 0 Å². The topological polar surface area (TPSA) is 81.5 Å². The lowest BCUT2D eigenvalue weighted by atomic mass is 10.2. The number of carbonyl (C=O) groups is 1. The summed E-state index contributed by atoms with van der Waals surface area (Å²) in [6.45, 7) is 4.11. The highest BCUT2D eigenvalue weighted by Gasteiger charge is 2.35. The van der Waals surface area contributed by atoms with Gasteiger partial charge in [-0.05, 0) is 68.7 Å². The van der Waals surface area contributed by atoms with Crippen LogP contribution in [0.2, 0.25) is 5.02 Å². The van der Waals surface area contributed by atoms with Crippen LogP contribution in [0.25, 0.3) is 0 Å². The number of hydrogen-bond acceptors (Lipinski definition) is 5. The number of halogens is 1. The highest BCUT2D eigenvalue weighted by molar-refractivity contribution is 7.90. The van der Waals surface area contributed by atoms with E-state index >= 15 is 0 Å². The average molecular weight is 502 g/mol. The number of sulfone groups is 1. The highest BCUT2D eigenvalue weighted by Crippen LogP contribution is 2.31. The van der Waals surface area contributed by atoms with Crippen molar-refractivity contribution in [2.45, 2.75) is 56.2 Å². The van der Waals surface area contributed by atoms with E-state index in [0.29, 0.717) is 27.6 Å². The summed E-state index contributed by atoms with van der Waals surface area (Å²) < 4.78 is 33.5. The molecule has 9 heteroatoms. The summed E-state index contributed by atoms with van der Waals surface area (Å²) in [5.41, 5.74) is 1.85. The molecular formula is C25H28ClN3O4S. The Labute approximate surface area is 205 Å². The van der Waals surface area contributed by atoms with E-state index in [4.69, 9.17) is 16.3 Å². The predicted molar refractivity (Wildman–Crippen MR) is 131 cm³/mol. The number of hydrogen-bond donors (Lipinski definition) is 0. The quantitative estimate of drug-likeness (QED) is 0.416. The summed E-state index contributed by atoms with van der Waals surface area (Å²) in [5, 5.41) is 0.489. The summed E-state index contributed by atoms with van der Waals surface area (Å²) >= 11 is 6.04. The Balaban J connectivity index is 1.63. The molecule has 34 heavy (non-hydrogen) atoms. The summed E-state index contributed by atoms with van der Waals surface area (Å²) in [4.78, 5) is 19.4. The molecule has 1 saturated carbocycles. The van der Waals surface area contributed by atoms with E-state index in [1.54, 1.807) is 66.4 Å². The summed E-state index contributed by atoms with van der Waals surface area (Å²) in [5.74, 6) is 0.389. The zero-order chi connectivity index (χ0) is 24.5. The number of imidazole rings is 1. The smallest absolute Gasteiger partial charge is 0.254 e. The minimum absolute atomic E-state index is 0.00474. The molecule has 7 nitrogen and oxygen atoms in total. The maximum atomic E-state index is 13.3. The van der Waals surface area contributed by atoms with Gasteiger partial charge in [0.15, 0.2) is 0 Å². The van der Waals surface area contributed by atoms with E-state index in [1.165, 1.54) is 0 Å². The molecule has 1 heterocycles. The molecule has 0 saturated heterocycles. The molecule has 0 N–H and O–H groups in total. The van der Waals surface area contributed by atoms with Crippen LogP contribution < -0.4 is 4.74 Å². The van der Waals surface area contributed by atoms with Crippen LogP contribution >= 0.6 is 11.6 Å². The summed E-state index contributed by atoms with van der Waals surface area (Å²) in [6, 6.07) is 13.8. The van der Waals surface area contributed by atoms with Crippen molar-refractivity contribution in [1.82, 2.24) is 14.5 Å². The summed E-state index contributed by atoms with van der Waals surface area (Å²) in [6.07, 6.45) is 3.43. The zero-order valence-corrected chi connectivity index (χ0v) is 21.0. The molecule has 0 spiro atoms. The molecule has 2 aromatic carbocycles. The van der Waals surface area contributed by atoms with Crippen molar-refractivity contribution in [3.63, 3.8) is 0 Å². The summed E-state index contributed by atoms with van der Waals surface area (Å²) in [7, 11) is -2.15. The van der Waals surface area contributed by atoms with Crippen LogP contribution in [0, 0.1) is 0 Å². The largest absolute Gasteiger partial charge is 0.497 e. The fourth-order valence-electron chi connectivity index (χ4n) is 4.01. The molecule has 0 bridgehead atoms. The van der Waals surface area contributed by atoms with Crippen molar-refractivity contribution in [3.8, 4) is 5.75 Å². The Bertz CT molecular complexity index is 1280. The molecule has 1 aromatic heterocycles. The van der Waals surface area contributed by atoms with Gasteiger partial charge in [0.25, 0.3) is 5.91 Å². The minimum atomic E-state index is -3.73. The van der Waals surface area contributed by atoms with Crippen LogP contribution in [0.15, 0.2) is 59.9 Å². The second-order valence-electron chi connectivity index (χ2n) is 8.78. The number of rotatable bonds is 9. The predicted octanol–water partition coefficient (Wildman–Crippen LogP) is 4.90. The lowest BCUT2D eigenvalue weighted by Gasteiger charge is -2.24. The van der Waals surface area contributed by atoms with Crippen LogP contribution in [0.3, 0.4) is 0 Å². The first-order chi connectivity index (χ1) is 16.2. The van der Waals surface area contributed by atoms with Gasteiger partial charge in [0.1, 0.15) is 5.75 Å². The second-order valence-corrected chi connectivity index (χ2v) is 11.1. The first-order valence-electron chi connectivity index (χ1n) is 11.2. The van der Waals surface area contributed by atoms with Gasteiger partial charge in [0.05, 0.1) is 31.3 Å². The Hall–Kier alpha value is -2.84. The number of carbonyl (C=O) groups excluding carboxylic acids is 1. The van der Waals surface area contributed by atoms with Crippen molar-refractivity contribution < 1.29 is 17.9 Å². The van der Waals surface area contributed by atoms with Crippen molar-refractivity contribution in [2.75, 3.05) is 7.11 Å². The third kappa shape index (κ3) is 5.28. The van der Waals surface area contributed by atoms with Crippen LogP contribution in [0.4, 0.5) is 0 Å². The van der Waals surface area contributed by atoms with Crippen molar-refractivity contribution in [1.29, 1.82) is 0 Å². The van der Waals surface area contributed by atoms with Gasteiger partial charge < -0.3 is 14.2 Å². The molecule has 4 rings (SSSR count). The molecule has 1 fully saturated rings. The molecule has 0 atom stereocenters. The SMILES string of the molecule is COc1ccc(C(=O)N(Cc2cnc(S(=O)(=O)Cc3cccc(Cl)c3)n2C(C)C)C2CC2)cc1. The third-order valence-electron chi connectivity index (χ3n) is 5.80. The maximum Gasteiger partial charge on any atom is 0.254 e. The Kier molecular flexibility index (Phi) is 7.00. The molecule has 0 aliphatic heterocycles. The van der Waals surface area contributed by atoms with Crippen molar-refractivity contribution in [2.24, 2.45) is 0 Å². The number of methoxy groups -OCH3 is 1. The molecule has 1 amide bonds. The molecule has 3 aromatic rings. The van der Waals surface area contributed by atoms with Gasteiger partial charge in [-0.25, -0.2) is 13.4 Å². The van der Waals surface area contributed by atoms with E-state index < -0.39 is 9.84 Å². The number of ether oxygens (including phenoxy) is 1. The number of benzene rings is 2. The lowest BCUT2D eigenvalue weighted by molar-refractivity contribution is 0.0724. The highest BCUT2D eigenvalue weighted by atomic mass is 35.5. The van der Waals surface area contributed by atoms with Gasteiger partial charge in [-0.3, -0.25) is 4.79 Å². The number of aromatic nitrogens is 2. The van der Waals surface area contributed by atoms with Gasteiger partial charge >= 0.3 is 0 Å². The number of nitrogens with zero attached hydrogens (tertiary/aromatic N) is 3. The van der Waals surface area contributed by atoms with Crippen LogP contribution in [-0.4, -0.2) is 41.9 Å². The fraction of sp³-hybridized carbons (Fsp3) is 0.360. The van der Waals surface area contributed by atoms with Crippen LogP contribution in [-0.2, 0) is 22.1 Å². The Morgan fingerprint density at radius 1 is 1.21 bits per heavy atom. The first kappa shape index (κ1) is 24.3. The zero-order valence-electron chi connectivity index (χ0n) is 19.4. The molecular weight excluding hydrogens is 474 g/mol. The number of amides is 1. The Morgan fingerprint density at radius 2 is 1.91 bits per heavy atom. The minimum Gasteiger partial charge on any atom is -0.497 e. The van der Waals surface area contributed by atoms with Crippen molar-refractivity contribution in [3.05, 3.63) is 76.6 Å². The van der Waals surface area contributed by atoms with Gasteiger partial charge in [-0.1, -0.05) is 23.7 Å². The normalized spacial score (nSPS) is 13.8. The lowest BCUT2D eigenvalue weighted by Crippen LogP contribution is -2.33. The Morgan fingerprint density at radius 3 is 2.50 bits per heavy atom. The van der Waals surface area contributed by atoms with Gasteiger partial charge in [0.2, 0.25) is 15.0 Å². The second kappa shape index (κ2) is 9.80. The van der Waals surface area contributed by atoms with E-state index in [0.717, 1.165) is 12.8 Å². The van der Waals surface area contributed by atoms with Crippen molar-refractivity contribution >= 4 is 27.3 Å². The van der Waals surface area contributed by atoms with E-state index in [2.05, 4.69) is 4.98 Å². The fourth-order valence-corrected chi connectivity index (χ4v) is 5.82. The molecule has 0 unspecified atom stereocenters. The monoisotopic (exact) mass is 501 g/mol. The third-order valence-corrected chi connectivity index (χ3v) is 7.60. The van der Waals surface area contributed by atoms with Gasteiger partial charge in [0, 0.05) is 22.7 Å². The molecule has 0 radical (unpaired) electrons. The van der Waals surface area contributed by atoms with Crippen LogP contribution in [0.1, 0.15) is 54.3 Å².